The van der Waals surface area contributed by atoms with Crippen molar-refractivity contribution < 1.29 is 9.53 Å². The lowest BCUT2D eigenvalue weighted by atomic mass is 10.1. The van der Waals surface area contributed by atoms with Crippen LogP contribution in [0, 0.1) is 13.8 Å². The van der Waals surface area contributed by atoms with Crippen LogP contribution < -0.4 is 10.5 Å². The second-order valence-electron chi connectivity index (χ2n) is 5.46. The van der Waals surface area contributed by atoms with Crippen molar-refractivity contribution in [1.29, 1.82) is 0 Å². The Morgan fingerprint density at radius 1 is 1.13 bits per heavy atom. The number of nitrogen functional groups attached to an aromatic ring is 1. The molecule has 0 heterocycles. The fourth-order valence-corrected chi connectivity index (χ4v) is 2.11. The Morgan fingerprint density at radius 3 is 2.43 bits per heavy atom. The fraction of sp³-hybridized carbons (Fsp3) is 0.278. The lowest BCUT2D eigenvalue weighted by molar-refractivity contribution is 0.0773. The molecule has 0 atom stereocenters. The maximum Gasteiger partial charge on any atom is 0.254 e. The summed E-state index contributed by atoms with van der Waals surface area (Å²) in [7, 11) is 1.77. The largest absolute Gasteiger partial charge is 0.492 e. The second kappa shape index (κ2) is 8.44. The third-order valence-corrected chi connectivity index (χ3v) is 3.56. The predicted molar refractivity (Wildman–Crippen MR) is 96.5 cm³/mol. The Morgan fingerprint density at radius 2 is 1.78 bits per heavy atom. The van der Waals surface area contributed by atoms with Crippen LogP contribution in [-0.4, -0.2) is 31.0 Å². The third kappa shape index (κ3) is 5.18. The predicted octanol–water partition coefficient (Wildman–Crippen LogP) is 3.46. The monoisotopic (exact) mass is 334 g/mol. The number of halogens is 1. The number of aryl methyl sites for hydroxylation is 2. The quantitative estimate of drug-likeness (QED) is 0.852. The smallest absolute Gasteiger partial charge is 0.254 e. The van der Waals surface area contributed by atoms with E-state index in [4.69, 9.17) is 10.5 Å². The number of carbonyl (C=O) groups excluding carboxylic acids is 1. The summed E-state index contributed by atoms with van der Waals surface area (Å²) in [5.41, 5.74) is 9.10. The minimum Gasteiger partial charge on any atom is -0.492 e. The Hall–Kier alpha value is -2.20. The van der Waals surface area contributed by atoms with Crippen molar-refractivity contribution in [2.24, 2.45) is 0 Å². The van der Waals surface area contributed by atoms with Crippen LogP contribution >= 0.6 is 12.4 Å². The molecule has 5 heteroatoms. The zero-order valence-corrected chi connectivity index (χ0v) is 14.5. The van der Waals surface area contributed by atoms with Gasteiger partial charge in [0, 0.05) is 18.3 Å². The lowest BCUT2D eigenvalue weighted by Crippen LogP contribution is -2.31. The standard InChI is InChI=1S/C18H22N2O2.ClH/c1-13-4-8-16(9-5-13)22-11-10-20(3)18(21)17-12-15(19)7-6-14(17)2;/h4-9,12H,10-11,19H2,1-3H3;1H. The molecule has 0 aliphatic rings. The highest BCUT2D eigenvalue weighted by Gasteiger charge is 2.14. The molecule has 2 aromatic rings. The van der Waals surface area contributed by atoms with E-state index in [1.807, 2.05) is 44.2 Å². The highest BCUT2D eigenvalue weighted by Crippen LogP contribution is 2.15. The first kappa shape index (κ1) is 18.8. The summed E-state index contributed by atoms with van der Waals surface area (Å²) in [6.45, 7) is 4.90. The minimum atomic E-state index is -0.0442. The number of nitrogens with zero attached hydrogens (tertiary/aromatic N) is 1. The third-order valence-electron chi connectivity index (χ3n) is 3.56. The summed E-state index contributed by atoms with van der Waals surface area (Å²) in [5.74, 6) is 0.767. The van der Waals surface area contributed by atoms with E-state index in [2.05, 4.69) is 0 Å². The molecule has 1 amide bonds. The molecule has 2 rings (SSSR count). The molecule has 0 unspecified atom stereocenters. The number of likely N-dealkylation sites (N-methyl/N-ethyl adjacent to an activating group) is 1. The fourth-order valence-electron chi connectivity index (χ4n) is 2.11. The molecule has 0 radical (unpaired) electrons. The average molecular weight is 335 g/mol. The van der Waals surface area contributed by atoms with Gasteiger partial charge in [-0.15, -0.1) is 12.4 Å². The Labute approximate surface area is 143 Å². The van der Waals surface area contributed by atoms with E-state index in [-0.39, 0.29) is 18.3 Å². The Bertz CT molecular complexity index is 657. The second-order valence-corrected chi connectivity index (χ2v) is 5.46. The van der Waals surface area contributed by atoms with Crippen LogP contribution in [0.1, 0.15) is 21.5 Å². The Kier molecular flexibility index (Phi) is 6.91. The van der Waals surface area contributed by atoms with E-state index in [1.165, 1.54) is 5.56 Å². The first-order chi connectivity index (χ1) is 10.5. The van der Waals surface area contributed by atoms with Crippen molar-refractivity contribution in [3.05, 3.63) is 59.2 Å². The summed E-state index contributed by atoms with van der Waals surface area (Å²) in [6, 6.07) is 13.2. The Balaban J connectivity index is 0.00000264. The number of amides is 1. The van der Waals surface area contributed by atoms with Crippen molar-refractivity contribution in [2.45, 2.75) is 13.8 Å². The summed E-state index contributed by atoms with van der Waals surface area (Å²) in [4.78, 5) is 14.1. The first-order valence-electron chi connectivity index (χ1n) is 7.28. The minimum absolute atomic E-state index is 0. The number of anilines is 1. The van der Waals surface area contributed by atoms with Gasteiger partial charge in [0.05, 0.1) is 6.54 Å². The molecular formula is C18H23ClN2O2. The van der Waals surface area contributed by atoms with E-state index < -0.39 is 0 Å². The van der Waals surface area contributed by atoms with Crippen LogP contribution in [0.4, 0.5) is 5.69 Å². The van der Waals surface area contributed by atoms with Crippen LogP contribution in [0.3, 0.4) is 0 Å². The van der Waals surface area contributed by atoms with Gasteiger partial charge in [0.1, 0.15) is 12.4 Å². The molecule has 0 bridgehead atoms. The molecule has 2 aromatic carbocycles. The van der Waals surface area contributed by atoms with Gasteiger partial charge in [-0.25, -0.2) is 0 Å². The molecule has 0 saturated heterocycles. The number of hydrogen-bond acceptors (Lipinski definition) is 3. The summed E-state index contributed by atoms with van der Waals surface area (Å²) in [5, 5.41) is 0. The van der Waals surface area contributed by atoms with Crippen molar-refractivity contribution >= 4 is 24.0 Å². The molecule has 124 valence electrons. The van der Waals surface area contributed by atoms with Gasteiger partial charge in [-0.05, 0) is 43.7 Å². The molecule has 0 saturated carbocycles. The number of rotatable bonds is 5. The van der Waals surface area contributed by atoms with Crippen molar-refractivity contribution in [3.63, 3.8) is 0 Å². The maximum absolute atomic E-state index is 12.4. The van der Waals surface area contributed by atoms with Gasteiger partial charge in [-0.1, -0.05) is 23.8 Å². The number of hydrogen-bond donors (Lipinski definition) is 1. The zero-order chi connectivity index (χ0) is 16.1. The number of ether oxygens (including phenoxy) is 1. The average Bonchev–Trinajstić information content (AvgIpc) is 2.51. The van der Waals surface area contributed by atoms with Gasteiger partial charge in [0.2, 0.25) is 0 Å². The molecule has 0 aromatic heterocycles. The van der Waals surface area contributed by atoms with E-state index in [9.17, 15) is 4.79 Å². The van der Waals surface area contributed by atoms with Crippen LogP contribution in [-0.2, 0) is 0 Å². The number of benzene rings is 2. The molecule has 2 N–H and O–H groups in total. The maximum atomic E-state index is 12.4. The van der Waals surface area contributed by atoms with Crippen molar-refractivity contribution in [3.8, 4) is 5.75 Å². The van der Waals surface area contributed by atoms with Gasteiger partial charge in [0.25, 0.3) is 5.91 Å². The first-order valence-corrected chi connectivity index (χ1v) is 7.28. The van der Waals surface area contributed by atoms with Crippen LogP contribution in [0.15, 0.2) is 42.5 Å². The van der Waals surface area contributed by atoms with Crippen LogP contribution in [0.2, 0.25) is 0 Å². The van der Waals surface area contributed by atoms with Crippen molar-refractivity contribution in [1.82, 2.24) is 4.90 Å². The molecule has 0 aliphatic carbocycles. The summed E-state index contributed by atoms with van der Waals surface area (Å²) in [6.07, 6.45) is 0. The van der Waals surface area contributed by atoms with E-state index in [0.717, 1.165) is 11.3 Å². The SMILES string of the molecule is Cc1ccc(OCCN(C)C(=O)c2cc(N)ccc2C)cc1.Cl. The topological polar surface area (TPSA) is 55.6 Å². The molecular weight excluding hydrogens is 312 g/mol. The van der Waals surface area contributed by atoms with Crippen LogP contribution in [0.25, 0.3) is 0 Å². The van der Waals surface area contributed by atoms with Gasteiger partial charge in [0.15, 0.2) is 0 Å². The van der Waals surface area contributed by atoms with Crippen molar-refractivity contribution in [2.75, 3.05) is 25.9 Å². The highest BCUT2D eigenvalue weighted by atomic mass is 35.5. The highest BCUT2D eigenvalue weighted by molar-refractivity contribution is 5.96. The zero-order valence-electron chi connectivity index (χ0n) is 13.7. The van der Waals surface area contributed by atoms with E-state index >= 15 is 0 Å². The van der Waals surface area contributed by atoms with Gasteiger partial charge >= 0.3 is 0 Å². The summed E-state index contributed by atoms with van der Waals surface area (Å²) < 4.78 is 5.65. The molecule has 23 heavy (non-hydrogen) atoms. The summed E-state index contributed by atoms with van der Waals surface area (Å²) >= 11 is 0. The van der Waals surface area contributed by atoms with Gasteiger partial charge in [-0.3, -0.25) is 4.79 Å². The number of nitrogens with two attached hydrogens (primary N) is 1. The van der Waals surface area contributed by atoms with Gasteiger partial charge in [-0.2, -0.15) is 0 Å². The van der Waals surface area contributed by atoms with E-state index in [0.29, 0.717) is 24.4 Å². The number of carbonyl (C=O) groups is 1. The lowest BCUT2D eigenvalue weighted by Gasteiger charge is -2.19. The van der Waals surface area contributed by atoms with Crippen LogP contribution in [0.5, 0.6) is 5.75 Å². The van der Waals surface area contributed by atoms with E-state index in [1.54, 1.807) is 24.1 Å². The normalized spacial score (nSPS) is 9.87. The molecule has 0 spiro atoms. The molecule has 0 aliphatic heterocycles. The molecule has 0 fully saturated rings. The van der Waals surface area contributed by atoms with Gasteiger partial charge < -0.3 is 15.4 Å². The molecule has 4 nitrogen and oxygen atoms in total.